The topological polar surface area (TPSA) is 86.8 Å². The Labute approximate surface area is 224 Å². The van der Waals surface area contributed by atoms with Crippen LogP contribution in [0.4, 0.5) is 5.69 Å². The van der Waals surface area contributed by atoms with Crippen LogP contribution in [0.15, 0.2) is 77.7 Å². The number of likely N-dealkylation sites (N-methyl/N-ethyl adjacent to an activating group) is 1. The van der Waals surface area contributed by atoms with Gasteiger partial charge in [-0.05, 0) is 80.3 Å². The lowest BCUT2D eigenvalue weighted by atomic mass is 10.1. The van der Waals surface area contributed by atoms with Crippen LogP contribution in [0.2, 0.25) is 5.02 Å². The molecule has 9 heteroatoms. The van der Waals surface area contributed by atoms with Crippen LogP contribution in [0.25, 0.3) is 0 Å². The SMILES string of the molecule is CNC(=O)C(C)N(CCc1ccccc1)C(=O)CN(c1ccc(C)c(C)c1)S(=O)(=O)c1ccc(Cl)cc1. The lowest BCUT2D eigenvalue weighted by Gasteiger charge is -2.32. The Hall–Kier alpha value is -3.36. The molecular weight excluding hydrogens is 510 g/mol. The highest BCUT2D eigenvalue weighted by atomic mass is 35.5. The maximum absolute atomic E-state index is 13.8. The lowest BCUT2D eigenvalue weighted by molar-refractivity contribution is -0.138. The van der Waals surface area contributed by atoms with Crippen molar-refractivity contribution in [3.63, 3.8) is 0 Å². The number of carbonyl (C=O) groups excluding carboxylic acids is 2. The van der Waals surface area contributed by atoms with Gasteiger partial charge >= 0.3 is 0 Å². The number of halogens is 1. The Bertz CT molecular complexity index is 1350. The highest BCUT2D eigenvalue weighted by Crippen LogP contribution is 2.27. The van der Waals surface area contributed by atoms with Crippen LogP contribution in [0, 0.1) is 13.8 Å². The number of nitrogens with one attached hydrogen (secondary N) is 1. The summed E-state index contributed by atoms with van der Waals surface area (Å²) in [6, 6.07) is 19.9. The number of sulfonamides is 1. The first-order valence-corrected chi connectivity index (χ1v) is 13.8. The fraction of sp³-hybridized carbons (Fsp3) is 0.286. The second kappa shape index (κ2) is 12.3. The standard InChI is InChI=1S/C28H32ClN3O4S/c1-20-10-13-25(18-21(20)2)32(37(35,36)26-14-11-24(29)12-15-26)19-27(33)31(22(3)28(34)30-4)17-16-23-8-6-5-7-9-23/h5-15,18,22H,16-17,19H2,1-4H3,(H,30,34). The van der Waals surface area contributed by atoms with E-state index in [4.69, 9.17) is 11.6 Å². The molecule has 0 aliphatic rings. The van der Waals surface area contributed by atoms with E-state index in [2.05, 4.69) is 5.32 Å². The third-order valence-electron chi connectivity index (χ3n) is 6.36. The van der Waals surface area contributed by atoms with Crippen molar-refractivity contribution in [1.29, 1.82) is 0 Å². The Balaban J connectivity index is 2.00. The molecule has 0 aromatic heterocycles. The Kier molecular flexibility index (Phi) is 9.34. The number of hydrogen-bond acceptors (Lipinski definition) is 4. The quantitative estimate of drug-likeness (QED) is 0.413. The molecule has 37 heavy (non-hydrogen) atoms. The second-order valence-corrected chi connectivity index (χ2v) is 11.1. The maximum atomic E-state index is 13.8. The summed E-state index contributed by atoms with van der Waals surface area (Å²) in [6.45, 7) is 5.23. The van der Waals surface area contributed by atoms with Crippen molar-refractivity contribution in [2.45, 2.75) is 38.1 Å². The van der Waals surface area contributed by atoms with Crippen molar-refractivity contribution in [3.05, 3.63) is 94.5 Å². The maximum Gasteiger partial charge on any atom is 0.264 e. The van der Waals surface area contributed by atoms with Gasteiger partial charge in [-0.15, -0.1) is 0 Å². The van der Waals surface area contributed by atoms with Crippen molar-refractivity contribution in [3.8, 4) is 0 Å². The van der Waals surface area contributed by atoms with E-state index < -0.39 is 28.5 Å². The number of aryl methyl sites for hydroxylation is 2. The Morgan fingerprint density at radius 1 is 0.946 bits per heavy atom. The molecular formula is C28H32ClN3O4S. The fourth-order valence-corrected chi connectivity index (χ4v) is 5.45. The van der Waals surface area contributed by atoms with E-state index in [1.807, 2.05) is 50.2 Å². The summed E-state index contributed by atoms with van der Waals surface area (Å²) < 4.78 is 28.6. The van der Waals surface area contributed by atoms with Crippen LogP contribution in [0.1, 0.15) is 23.6 Å². The van der Waals surface area contributed by atoms with E-state index in [9.17, 15) is 18.0 Å². The molecule has 0 bridgehead atoms. The van der Waals surface area contributed by atoms with Crippen molar-refractivity contribution in [1.82, 2.24) is 10.2 Å². The minimum Gasteiger partial charge on any atom is -0.357 e. The van der Waals surface area contributed by atoms with Gasteiger partial charge in [0.15, 0.2) is 0 Å². The molecule has 0 saturated heterocycles. The average molecular weight is 542 g/mol. The van der Waals surface area contributed by atoms with Gasteiger partial charge in [0.1, 0.15) is 12.6 Å². The lowest BCUT2D eigenvalue weighted by Crippen LogP contribution is -2.51. The molecule has 0 saturated carbocycles. The Morgan fingerprint density at radius 2 is 1.59 bits per heavy atom. The first kappa shape index (κ1) is 28.2. The zero-order valence-electron chi connectivity index (χ0n) is 21.4. The van der Waals surface area contributed by atoms with Crippen LogP contribution in [0.3, 0.4) is 0 Å². The van der Waals surface area contributed by atoms with E-state index in [1.165, 1.54) is 36.2 Å². The highest BCUT2D eigenvalue weighted by Gasteiger charge is 2.32. The number of anilines is 1. The molecule has 1 unspecified atom stereocenters. The number of benzene rings is 3. The predicted octanol–water partition coefficient (Wildman–Crippen LogP) is 4.36. The monoisotopic (exact) mass is 541 g/mol. The molecule has 0 spiro atoms. The van der Waals surface area contributed by atoms with Crippen LogP contribution in [-0.4, -0.2) is 51.3 Å². The number of nitrogens with zero attached hydrogens (tertiary/aromatic N) is 2. The molecule has 0 radical (unpaired) electrons. The van der Waals surface area contributed by atoms with Gasteiger partial charge in [0.25, 0.3) is 10.0 Å². The van der Waals surface area contributed by atoms with Gasteiger partial charge < -0.3 is 10.2 Å². The largest absolute Gasteiger partial charge is 0.357 e. The molecule has 3 rings (SSSR count). The second-order valence-electron chi connectivity index (χ2n) is 8.85. The summed E-state index contributed by atoms with van der Waals surface area (Å²) in [5, 5.41) is 2.98. The normalized spacial score (nSPS) is 12.0. The van der Waals surface area contributed by atoms with E-state index in [0.717, 1.165) is 21.0 Å². The van der Waals surface area contributed by atoms with Gasteiger partial charge in [0.05, 0.1) is 10.6 Å². The number of rotatable bonds is 10. The molecule has 0 heterocycles. The van der Waals surface area contributed by atoms with Gasteiger partial charge in [-0.25, -0.2) is 8.42 Å². The molecule has 1 N–H and O–H groups in total. The van der Waals surface area contributed by atoms with E-state index >= 15 is 0 Å². The van der Waals surface area contributed by atoms with Gasteiger partial charge in [0.2, 0.25) is 11.8 Å². The molecule has 2 amide bonds. The van der Waals surface area contributed by atoms with E-state index in [-0.39, 0.29) is 17.3 Å². The first-order valence-electron chi connectivity index (χ1n) is 11.9. The molecule has 0 aliphatic carbocycles. The summed E-state index contributed by atoms with van der Waals surface area (Å²) in [5.74, 6) is -0.817. The van der Waals surface area contributed by atoms with E-state index in [0.29, 0.717) is 17.1 Å². The average Bonchev–Trinajstić information content (AvgIpc) is 2.89. The van der Waals surface area contributed by atoms with Gasteiger partial charge in [-0.1, -0.05) is 48.0 Å². The van der Waals surface area contributed by atoms with Crippen LogP contribution < -0.4 is 9.62 Å². The smallest absolute Gasteiger partial charge is 0.264 e. The van der Waals surface area contributed by atoms with Crippen LogP contribution in [0.5, 0.6) is 0 Å². The molecule has 0 fully saturated rings. The number of carbonyl (C=O) groups is 2. The predicted molar refractivity (Wildman–Crippen MR) is 147 cm³/mol. The molecule has 7 nitrogen and oxygen atoms in total. The van der Waals surface area contributed by atoms with Crippen molar-refractivity contribution in [2.75, 3.05) is 24.4 Å². The Morgan fingerprint density at radius 3 is 2.19 bits per heavy atom. The molecule has 1 atom stereocenters. The van der Waals surface area contributed by atoms with Crippen molar-refractivity contribution < 1.29 is 18.0 Å². The summed E-state index contributed by atoms with van der Waals surface area (Å²) in [4.78, 5) is 27.7. The minimum absolute atomic E-state index is 0.0121. The summed E-state index contributed by atoms with van der Waals surface area (Å²) in [6.07, 6.45) is 0.515. The van der Waals surface area contributed by atoms with Crippen LogP contribution >= 0.6 is 11.6 Å². The summed E-state index contributed by atoms with van der Waals surface area (Å²) in [5.41, 5.74) is 3.25. The zero-order valence-corrected chi connectivity index (χ0v) is 23.0. The summed E-state index contributed by atoms with van der Waals surface area (Å²) in [7, 11) is -2.62. The first-order chi connectivity index (χ1) is 17.5. The molecule has 196 valence electrons. The third kappa shape index (κ3) is 6.90. The van der Waals surface area contributed by atoms with Crippen molar-refractivity contribution >= 4 is 39.1 Å². The van der Waals surface area contributed by atoms with Gasteiger partial charge in [-0.3, -0.25) is 13.9 Å². The zero-order chi connectivity index (χ0) is 27.2. The van der Waals surface area contributed by atoms with Crippen LogP contribution in [-0.2, 0) is 26.0 Å². The molecule has 3 aromatic carbocycles. The minimum atomic E-state index is -4.12. The molecule has 0 aliphatic heterocycles. The number of amides is 2. The summed E-state index contributed by atoms with van der Waals surface area (Å²) >= 11 is 5.98. The third-order valence-corrected chi connectivity index (χ3v) is 8.40. The van der Waals surface area contributed by atoms with E-state index in [1.54, 1.807) is 19.1 Å². The van der Waals surface area contributed by atoms with Gasteiger partial charge in [-0.2, -0.15) is 0 Å². The van der Waals surface area contributed by atoms with Gasteiger partial charge in [0, 0.05) is 18.6 Å². The molecule has 3 aromatic rings. The highest BCUT2D eigenvalue weighted by molar-refractivity contribution is 7.92. The number of hydrogen-bond donors (Lipinski definition) is 1. The van der Waals surface area contributed by atoms with Crippen molar-refractivity contribution in [2.24, 2.45) is 0 Å². The fourth-order valence-electron chi connectivity index (χ4n) is 3.92.